The van der Waals surface area contributed by atoms with Gasteiger partial charge in [0.15, 0.2) is 0 Å². The molecule has 0 fully saturated rings. The van der Waals surface area contributed by atoms with Crippen LogP contribution in [-0.4, -0.2) is 17.6 Å². The number of carbonyl (C=O) groups is 1. The number of aliphatic hydroxyl groups excluding tert-OH is 1. The van der Waals surface area contributed by atoms with Crippen LogP contribution in [0, 0.1) is 0 Å². The van der Waals surface area contributed by atoms with Crippen molar-refractivity contribution in [1.82, 2.24) is 5.32 Å². The van der Waals surface area contributed by atoms with Gasteiger partial charge in [0.2, 0.25) is 0 Å². The molecular weight excluding hydrogens is 394 g/mol. The van der Waals surface area contributed by atoms with E-state index in [0.717, 1.165) is 19.8 Å². The Balaban J connectivity index is 1.62. The molecule has 0 unspecified atom stereocenters. The second kappa shape index (κ2) is 7.40. The number of aliphatic hydroxyl groups is 1. The standard InChI is InChI=1S/C17H14BrNO2S2/c18-13-4-2-1-3-12(13)17(21)19-9-14(20)16-6-5-15(23-16)11-7-8-22-10-11/h1-8,10,14,20H,9H2,(H,19,21)/t14-/m1/s1. The number of rotatable bonds is 5. The fourth-order valence-electron chi connectivity index (χ4n) is 2.12. The summed E-state index contributed by atoms with van der Waals surface area (Å²) in [5.74, 6) is -0.203. The predicted octanol–water partition coefficient (Wildman–Crippen LogP) is 4.70. The van der Waals surface area contributed by atoms with Crippen molar-refractivity contribution in [1.29, 1.82) is 0 Å². The number of thiophene rings is 2. The summed E-state index contributed by atoms with van der Waals surface area (Å²) in [7, 11) is 0. The first-order valence-electron chi connectivity index (χ1n) is 6.98. The van der Waals surface area contributed by atoms with E-state index in [1.165, 1.54) is 0 Å². The van der Waals surface area contributed by atoms with Crippen LogP contribution in [-0.2, 0) is 0 Å². The van der Waals surface area contributed by atoms with Crippen molar-refractivity contribution >= 4 is 44.5 Å². The lowest BCUT2D eigenvalue weighted by Crippen LogP contribution is -2.28. The van der Waals surface area contributed by atoms with Crippen molar-refractivity contribution in [3.05, 3.63) is 68.1 Å². The molecule has 0 aliphatic carbocycles. The highest BCUT2D eigenvalue weighted by Crippen LogP contribution is 2.32. The molecule has 3 nitrogen and oxygen atoms in total. The van der Waals surface area contributed by atoms with Crippen LogP contribution < -0.4 is 5.32 Å². The summed E-state index contributed by atoms with van der Waals surface area (Å²) >= 11 is 6.55. The van der Waals surface area contributed by atoms with E-state index in [1.807, 2.05) is 35.7 Å². The van der Waals surface area contributed by atoms with Gasteiger partial charge in [0.25, 0.3) is 5.91 Å². The number of halogens is 1. The zero-order valence-electron chi connectivity index (χ0n) is 12.0. The van der Waals surface area contributed by atoms with E-state index in [9.17, 15) is 9.90 Å². The van der Waals surface area contributed by atoms with Crippen LogP contribution in [0.15, 0.2) is 57.7 Å². The van der Waals surface area contributed by atoms with E-state index >= 15 is 0 Å². The third-order valence-corrected chi connectivity index (χ3v) is 5.95. The SMILES string of the molecule is O=C(NC[C@@H](O)c1ccc(-c2ccsc2)s1)c1ccccc1Br. The summed E-state index contributed by atoms with van der Waals surface area (Å²) in [5, 5.41) is 17.2. The molecule has 0 bridgehead atoms. The van der Waals surface area contributed by atoms with Gasteiger partial charge in [0.1, 0.15) is 6.10 Å². The maximum Gasteiger partial charge on any atom is 0.252 e. The van der Waals surface area contributed by atoms with E-state index < -0.39 is 6.10 Å². The van der Waals surface area contributed by atoms with Crippen LogP contribution in [0.25, 0.3) is 10.4 Å². The normalized spacial score (nSPS) is 12.1. The van der Waals surface area contributed by atoms with Crippen molar-refractivity contribution in [3.8, 4) is 10.4 Å². The molecular formula is C17H14BrNO2S2. The molecule has 6 heteroatoms. The lowest BCUT2D eigenvalue weighted by molar-refractivity contribution is 0.0917. The van der Waals surface area contributed by atoms with Gasteiger partial charge in [-0.3, -0.25) is 4.79 Å². The van der Waals surface area contributed by atoms with Gasteiger partial charge in [0, 0.05) is 26.3 Å². The molecule has 118 valence electrons. The number of amides is 1. The van der Waals surface area contributed by atoms with Crippen LogP contribution in [0.3, 0.4) is 0 Å². The molecule has 0 saturated carbocycles. The summed E-state index contributed by atoms with van der Waals surface area (Å²) in [4.78, 5) is 14.1. The zero-order valence-corrected chi connectivity index (χ0v) is 15.2. The highest BCUT2D eigenvalue weighted by molar-refractivity contribution is 9.10. The average Bonchev–Trinajstić information content (AvgIpc) is 3.23. The Morgan fingerprint density at radius 3 is 2.78 bits per heavy atom. The Morgan fingerprint density at radius 1 is 1.22 bits per heavy atom. The number of hydrogen-bond acceptors (Lipinski definition) is 4. The average molecular weight is 408 g/mol. The first-order chi connectivity index (χ1) is 11.1. The highest BCUT2D eigenvalue weighted by atomic mass is 79.9. The highest BCUT2D eigenvalue weighted by Gasteiger charge is 2.15. The minimum atomic E-state index is -0.709. The quantitative estimate of drug-likeness (QED) is 0.643. The second-order valence-corrected chi connectivity index (χ2v) is 7.67. The zero-order chi connectivity index (χ0) is 16.2. The van der Waals surface area contributed by atoms with Gasteiger partial charge in [-0.2, -0.15) is 11.3 Å². The Labute approximate surface area is 150 Å². The van der Waals surface area contributed by atoms with Gasteiger partial charge in [-0.15, -0.1) is 11.3 Å². The topological polar surface area (TPSA) is 49.3 Å². The van der Waals surface area contributed by atoms with Gasteiger partial charge in [-0.25, -0.2) is 0 Å². The molecule has 3 rings (SSSR count). The van der Waals surface area contributed by atoms with E-state index in [1.54, 1.807) is 28.7 Å². The molecule has 0 saturated heterocycles. The monoisotopic (exact) mass is 407 g/mol. The molecule has 0 spiro atoms. The van der Waals surface area contributed by atoms with Gasteiger partial charge >= 0.3 is 0 Å². The summed E-state index contributed by atoms with van der Waals surface area (Å²) in [6, 6.07) is 13.2. The molecule has 2 aromatic heterocycles. The van der Waals surface area contributed by atoms with E-state index in [0.29, 0.717) is 5.56 Å². The van der Waals surface area contributed by atoms with Crippen molar-refractivity contribution in [2.45, 2.75) is 6.10 Å². The molecule has 3 aromatic rings. The fraction of sp³-hybridized carbons (Fsp3) is 0.118. The molecule has 0 aliphatic heterocycles. The molecule has 2 heterocycles. The summed E-state index contributed by atoms with van der Waals surface area (Å²) in [6.07, 6.45) is -0.709. The minimum Gasteiger partial charge on any atom is -0.386 e. The number of hydrogen-bond donors (Lipinski definition) is 2. The van der Waals surface area contributed by atoms with Crippen molar-refractivity contribution in [2.24, 2.45) is 0 Å². The van der Waals surface area contributed by atoms with Crippen molar-refractivity contribution < 1.29 is 9.90 Å². The number of carbonyl (C=O) groups excluding carboxylic acids is 1. The van der Waals surface area contributed by atoms with Gasteiger partial charge in [-0.05, 0) is 57.0 Å². The van der Waals surface area contributed by atoms with Crippen molar-refractivity contribution in [2.75, 3.05) is 6.54 Å². The van der Waals surface area contributed by atoms with E-state index in [4.69, 9.17) is 0 Å². The predicted molar refractivity (Wildman–Crippen MR) is 99.1 cm³/mol. The first-order valence-corrected chi connectivity index (χ1v) is 9.53. The van der Waals surface area contributed by atoms with Crippen LogP contribution in [0.2, 0.25) is 0 Å². The van der Waals surface area contributed by atoms with Crippen LogP contribution >= 0.6 is 38.6 Å². The Kier molecular flexibility index (Phi) is 5.27. The summed E-state index contributed by atoms with van der Waals surface area (Å²) < 4.78 is 0.739. The Morgan fingerprint density at radius 2 is 2.04 bits per heavy atom. The van der Waals surface area contributed by atoms with E-state index in [2.05, 4.69) is 32.7 Å². The van der Waals surface area contributed by atoms with E-state index in [-0.39, 0.29) is 12.5 Å². The molecule has 1 atom stereocenters. The molecule has 1 aromatic carbocycles. The lowest BCUT2D eigenvalue weighted by Gasteiger charge is -2.11. The van der Waals surface area contributed by atoms with Crippen LogP contribution in [0.4, 0.5) is 0 Å². The van der Waals surface area contributed by atoms with Gasteiger partial charge in [-0.1, -0.05) is 12.1 Å². The second-order valence-electron chi connectivity index (χ2n) is 4.92. The number of nitrogens with one attached hydrogen (secondary N) is 1. The third kappa shape index (κ3) is 3.90. The Hall–Kier alpha value is -1.47. The maximum atomic E-state index is 12.1. The van der Waals surface area contributed by atoms with Crippen LogP contribution in [0.5, 0.6) is 0 Å². The molecule has 0 radical (unpaired) electrons. The van der Waals surface area contributed by atoms with Gasteiger partial charge in [0.05, 0.1) is 5.56 Å². The van der Waals surface area contributed by atoms with Crippen molar-refractivity contribution in [3.63, 3.8) is 0 Å². The number of benzene rings is 1. The van der Waals surface area contributed by atoms with Crippen LogP contribution in [0.1, 0.15) is 21.3 Å². The molecule has 2 N–H and O–H groups in total. The third-order valence-electron chi connectivity index (χ3n) is 3.34. The summed E-state index contributed by atoms with van der Waals surface area (Å²) in [5.41, 5.74) is 1.72. The lowest BCUT2D eigenvalue weighted by atomic mass is 10.2. The summed E-state index contributed by atoms with van der Waals surface area (Å²) in [6.45, 7) is 0.184. The van der Waals surface area contributed by atoms with Gasteiger partial charge < -0.3 is 10.4 Å². The molecule has 1 amide bonds. The first kappa shape index (κ1) is 16.4. The maximum absolute atomic E-state index is 12.1. The molecule has 23 heavy (non-hydrogen) atoms. The molecule has 0 aliphatic rings. The fourth-order valence-corrected chi connectivity index (χ4v) is 4.31. The Bertz CT molecular complexity index is 799. The minimum absolute atomic E-state index is 0.184. The largest absolute Gasteiger partial charge is 0.386 e. The smallest absolute Gasteiger partial charge is 0.252 e.